The summed E-state index contributed by atoms with van der Waals surface area (Å²) in [5.41, 5.74) is 6.39. The van der Waals surface area contributed by atoms with Crippen LogP contribution >= 0.6 is 11.8 Å². The number of thioether (sulfide) groups is 1. The Morgan fingerprint density at radius 3 is 2.24 bits per heavy atom. The molecule has 2 aliphatic rings. The number of aromatic amines is 1. The summed E-state index contributed by atoms with van der Waals surface area (Å²) in [7, 11) is 0. The van der Waals surface area contributed by atoms with Gasteiger partial charge in [-0.3, -0.25) is 19.6 Å². The largest absolute Gasteiger partial charge is 0.392 e. The number of carbonyl (C=O) groups excluding carboxylic acids is 2. The summed E-state index contributed by atoms with van der Waals surface area (Å²) in [4.78, 5) is 31.5. The maximum absolute atomic E-state index is 13.0. The van der Waals surface area contributed by atoms with Crippen LogP contribution in [0.3, 0.4) is 0 Å². The molecule has 2 N–H and O–H groups in total. The van der Waals surface area contributed by atoms with Crippen LogP contribution < -0.4 is 0 Å². The Morgan fingerprint density at radius 2 is 1.54 bits per heavy atom. The Bertz CT molecular complexity index is 1830. The van der Waals surface area contributed by atoms with Crippen LogP contribution in [0, 0.1) is 5.92 Å². The molecule has 0 spiro atoms. The minimum atomic E-state index is -0.625. The monoisotopic (exact) mass is 632 g/mol. The summed E-state index contributed by atoms with van der Waals surface area (Å²) in [6.07, 6.45) is 0.479. The highest BCUT2D eigenvalue weighted by molar-refractivity contribution is 7.99. The van der Waals surface area contributed by atoms with Crippen LogP contribution in [0.25, 0.3) is 11.1 Å². The Labute approximate surface area is 270 Å². The third kappa shape index (κ3) is 6.00. The van der Waals surface area contributed by atoms with Crippen molar-refractivity contribution in [2.75, 3.05) is 5.75 Å². The number of benzene rings is 4. The van der Waals surface area contributed by atoms with Crippen LogP contribution in [0.4, 0.5) is 0 Å². The number of fused-ring (bicyclic) bond motifs is 1. The van der Waals surface area contributed by atoms with Gasteiger partial charge in [-0.25, -0.2) is 4.98 Å². The zero-order chi connectivity index (χ0) is 31.6. The number of ether oxygens (including phenoxy) is 2. The van der Waals surface area contributed by atoms with Crippen molar-refractivity contribution in [1.82, 2.24) is 20.1 Å². The van der Waals surface area contributed by atoms with Crippen LogP contribution in [0.15, 0.2) is 109 Å². The summed E-state index contributed by atoms with van der Waals surface area (Å²) >= 11 is 1.55. The average molecular weight is 633 g/mol. The number of hydrogen-bond donors (Lipinski definition) is 2. The molecule has 46 heavy (non-hydrogen) atoms. The molecule has 0 bridgehead atoms. The Hall–Kier alpha value is -4.61. The van der Waals surface area contributed by atoms with Gasteiger partial charge in [0.05, 0.1) is 36.5 Å². The summed E-state index contributed by atoms with van der Waals surface area (Å²) in [5, 5.41) is 17.1. The first kappa shape index (κ1) is 30.1. The molecule has 232 valence electrons. The van der Waals surface area contributed by atoms with Crippen LogP contribution in [0.2, 0.25) is 0 Å². The van der Waals surface area contributed by atoms with E-state index in [2.05, 4.69) is 28.2 Å². The zero-order valence-electron chi connectivity index (χ0n) is 25.1. The fourth-order valence-corrected chi connectivity index (χ4v) is 6.96. The van der Waals surface area contributed by atoms with E-state index in [9.17, 15) is 14.7 Å². The van der Waals surface area contributed by atoms with E-state index in [-0.39, 0.29) is 43.1 Å². The van der Waals surface area contributed by atoms with E-state index in [0.29, 0.717) is 16.9 Å². The predicted octanol–water partition coefficient (Wildman–Crippen LogP) is 6.34. The lowest BCUT2D eigenvalue weighted by molar-refractivity contribution is -0.268. The molecule has 0 aliphatic carbocycles. The van der Waals surface area contributed by atoms with Gasteiger partial charge in [0.1, 0.15) is 6.33 Å². The molecular formula is C36H32N4O5S. The zero-order valence-corrected chi connectivity index (χ0v) is 25.9. The lowest BCUT2D eigenvalue weighted by atomic mass is 9.91. The second kappa shape index (κ2) is 13.0. The van der Waals surface area contributed by atoms with Crippen LogP contribution in [-0.2, 0) is 22.6 Å². The minimum absolute atomic E-state index is 0.0180. The SMILES string of the molecule is C[C@@H]1[C@H](CSc2ncn[nH]2)O[C@H](c2cccc(-c3cccc(CN4C(=O)c5ccccc5C4=O)c3)c2)O[C@@H]1c1ccc(CO)cc1. The molecule has 1 aromatic heterocycles. The highest BCUT2D eigenvalue weighted by Crippen LogP contribution is 2.43. The van der Waals surface area contributed by atoms with Gasteiger partial charge in [0.25, 0.3) is 11.8 Å². The van der Waals surface area contributed by atoms with E-state index in [0.717, 1.165) is 38.5 Å². The molecule has 3 heterocycles. The minimum Gasteiger partial charge on any atom is -0.392 e. The van der Waals surface area contributed by atoms with Crippen LogP contribution in [0.5, 0.6) is 0 Å². The number of amides is 2. The van der Waals surface area contributed by atoms with E-state index in [1.807, 2.05) is 66.7 Å². The molecule has 7 rings (SSSR count). The molecule has 0 radical (unpaired) electrons. The fraction of sp³-hybridized carbons (Fsp3) is 0.222. The van der Waals surface area contributed by atoms with Gasteiger partial charge < -0.3 is 14.6 Å². The molecule has 10 heteroatoms. The van der Waals surface area contributed by atoms with E-state index in [4.69, 9.17) is 9.47 Å². The summed E-state index contributed by atoms with van der Waals surface area (Å²) in [5.74, 6) is 0.144. The first-order valence-corrected chi connectivity index (χ1v) is 16.1. The van der Waals surface area contributed by atoms with Crippen molar-refractivity contribution in [3.8, 4) is 11.1 Å². The number of carbonyl (C=O) groups is 2. The third-order valence-electron chi connectivity index (χ3n) is 8.54. The molecule has 2 amide bonds. The number of aliphatic hydroxyl groups excluding tert-OH is 1. The van der Waals surface area contributed by atoms with Gasteiger partial charge in [-0.15, -0.1) is 0 Å². The lowest BCUT2D eigenvalue weighted by Crippen LogP contribution is -2.38. The second-order valence-electron chi connectivity index (χ2n) is 11.5. The van der Waals surface area contributed by atoms with Crippen molar-refractivity contribution in [1.29, 1.82) is 0 Å². The highest BCUT2D eigenvalue weighted by atomic mass is 32.2. The summed E-state index contributed by atoms with van der Waals surface area (Å²) in [6, 6.07) is 30.7. The van der Waals surface area contributed by atoms with Crippen molar-refractivity contribution < 1.29 is 24.2 Å². The van der Waals surface area contributed by atoms with Gasteiger partial charge in [-0.05, 0) is 52.1 Å². The van der Waals surface area contributed by atoms with E-state index < -0.39 is 6.29 Å². The first-order chi connectivity index (χ1) is 22.5. The fourth-order valence-electron chi connectivity index (χ4n) is 6.01. The molecule has 2 aliphatic heterocycles. The Morgan fingerprint density at radius 1 is 0.826 bits per heavy atom. The van der Waals surface area contributed by atoms with Gasteiger partial charge in [-0.1, -0.05) is 91.5 Å². The molecule has 1 saturated heterocycles. The molecule has 4 aromatic carbocycles. The van der Waals surface area contributed by atoms with Crippen molar-refractivity contribution in [3.63, 3.8) is 0 Å². The number of imide groups is 1. The quantitative estimate of drug-likeness (QED) is 0.143. The van der Waals surface area contributed by atoms with Gasteiger partial charge in [0.15, 0.2) is 11.4 Å². The average Bonchev–Trinajstić information content (AvgIpc) is 3.71. The van der Waals surface area contributed by atoms with Crippen LogP contribution in [0.1, 0.15) is 62.3 Å². The lowest BCUT2D eigenvalue weighted by Gasteiger charge is -2.41. The third-order valence-corrected chi connectivity index (χ3v) is 9.50. The molecule has 1 fully saturated rings. The van der Waals surface area contributed by atoms with E-state index >= 15 is 0 Å². The topological polar surface area (TPSA) is 118 Å². The highest BCUT2D eigenvalue weighted by Gasteiger charge is 2.39. The van der Waals surface area contributed by atoms with Crippen molar-refractivity contribution >= 4 is 23.6 Å². The molecule has 5 aromatic rings. The summed E-state index contributed by atoms with van der Waals surface area (Å²) < 4.78 is 13.3. The Balaban J connectivity index is 1.14. The Kier molecular flexibility index (Phi) is 8.51. The second-order valence-corrected chi connectivity index (χ2v) is 12.5. The molecule has 0 saturated carbocycles. The number of aliphatic hydroxyl groups is 1. The maximum Gasteiger partial charge on any atom is 0.261 e. The predicted molar refractivity (Wildman–Crippen MR) is 173 cm³/mol. The number of H-pyrrole nitrogens is 1. The number of hydrogen-bond acceptors (Lipinski definition) is 8. The standard InChI is InChI=1S/C36H32N4O5S/c1-22-31(20-46-36-37-21-38-39-36)44-35(45-32(22)25-14-12-23(19-41)13-15-25)28-9-5-8-27(17-28)26-7-4-6-24(16-26)18-40-33(42)29-10-2-3-11-30(29)34(40)43/h2-17,21-22,31-32,35,41H,18-20H2,1H3,(H,37,38,39)/t22-,31+,32+,35+/m1/s1. The molecule has 9 nitrogen and oxygen atoms in total. The molecular weight excluding hydrogens is 600 g/mol. The number of rotatable bonds is 9. The smallest absolute Gasteiger partial charge is 0.261 e. The van der Waals surface area contributed by atoms with E-state index in [1.165, 1.54) is 11.2 Å². The summed E-state index contributed by atoms with van der Waals surface area (Å²) in [6.45, 7) is 2.30. The van der Waals surface area contributed by atoms with Gasteiger partial charge in [-0.2, -0.15) is 5.10 Å². The number of nitrogens with zero attached hydrogens (tertiary/aromatic N) is 3. The van der Waals surface area contributed by atoms with Gasteiger partial charge in [0, 0.05) is 17.2 Å². The van der Waals surface area contributed by atoms with Crippen LogP contribution in [-0.4, -0.2) is 48.9 Å². The van der Waals surface area contributed by atoms with Crippen molar-refractivity contribution in [2.24, 2.45) is 5.92 Å². The van der Waals surface area contributed by atoms with Crippen molar-refractivity contribution in [2.45, 2.75) is 43.7 Å². The molecule has 0 unspecified atom stereocenters. The molecule has 4 atom stereocenters. The van der Waals surface area contributed by atoms with Gasteiger partial charge in [0.2, 0.25) is 0 Å². The number of nitrogens with one attached hydrogen (secondary N) is 1. The number of aromatic nitrogens is 3. The maximum atomic E-state index is 13.0. The van der Waals surface area contributed by atoms with E-state index in [1.54, 1.807) is 36.0 Å². The van der Waals surface area contributed by atoms with Crippen molar-refractivity contribution in [3.05, 3.63) is 137 Å². The normalized spacial score (nSPS) is 21.0. The van der Waals surface area contributed by atoms with Gasteiger partial charge >= 0.3 is 0 Å². The first-order valence-electron chi connectivity index (χ1n) is 15.1.